The molecule has 1 N–H and O–H groups in total. The van der Waals surface area contributed by atoms with Crippen molar-refractivity contribution in [2.75, 3.05) is 19.7 Å². The highest BCUT2D eigenvalue weighted by molar-refractivity contribution is 4.95. The normalized spacial score (nSPS) is 17.1. The Hall–Kier alpha value is -0.800. The fourth-order valence-corrected chi connectivity index (χ4v) is 2.56. The van der Waals surface area contributed by atoms with E-state index in [9.17, 15) is 0 Å². The van der Waals surface area contributed by atoms with Crippen LogP contribution < -0.4 is 5.32 Å². The van der Waals surface area contributed by atoms with E-state index in [2.05, 4.69) is 5.32 Å². The molecule has 102 valence electrons. The molecule has 0 bridgehead atoms. The Morgan fingerprint density at radius 3 is 2.94 bits per heavy atom. The van der Waals surface area contributed by atoms with Crippen LogP contribution in [0.15, 0.2) is 22.8 Å². The Labute approximate surface area is 110 Å². The first-order valence-corrected chi connectivity index (χ1v) is 7.26. The highest BCUT2D eigenvalue weighted by Gasteiger charge is 2.12. The van der Waals surface area contributed by atoms with Gasteiger partial charge in [0.1, 0.15) is 12.4 Å². The second-order valence-electron chi connectivity index (χ2n) is 5.19. The first-order chi connectivity index (χ1) is 8.95. The van der Waals surface area contributed by atoms with E-state index in [0.717, 1.165) is 31.3 Å². The number of ether oxygens (including phenoxy) is 1. The lowest BCUT2D eigenvalue weighted by Crippen LogP contribution is -2.25. The van der Waals surface area contributed by atoms with Crippen LogP contribution in [0.3, 0.4) is 0 Å². The van der Waals surface area contributed by atoms with Gasteiger partial charge in [0.05, 0.1) is 6.26 Å². The zero-order valence-electron chi connectivity index (χ0n) is 11.2. The molecule has 3 nitrogen and oxygen atoms in total. The van der Waals surface area contributed by atoms with Gasteiger partial charge in [0, 0.05) is 6.61 Å². The molecule has 1 aromatic rings. The molecule has 0 saturated heterocycles. The van der Waals surface area contributed by atoms with Gasteiger partial charge in [-0.25, -0.2) is 0 Å². The standard InChI is InChI=1S/C15H25NO2/c1-2-6-14(7-3-1)12-16-9-5-10-17-13-15-8-4-11-18-15/h4,8,11,14,16H,1-3,5-7,9-10,12-13H2. The van der Waals surface area contributed by atoms with Gasteiger partial charge >= 0.3 is 0 Å². The third kappa shape index (κ3) is 5.23. The molecule has 1 fully saturated rings. The lowest BCUT2D eigenvalue weighted by atomic mass is 9.89. The molecule has 0 amide bonds. The van der Waals surface area contributed by atoms with Crippen LogP contribution in [0.1, 0.15) is 44.3 Å². The van der Waals surface area contributed by atoms with E-state index in [1.165, 1.54) is 38.6 Å². The van der Waals surface area contributed by atoms with Crippen LogP contribution in [0.5, 0.6) is 0 Å². The molecule has 0 spiro atoms. The molecule has 3 heteroatoms. The van der Waals surface area contributed by atoms with Gasteiger partial charge < -0.3 is 14.5 Å². The van der Waals surface area contributed by atoms with Crippen molar-refractivity contribution in [3.05, 3.63) is 24.2 Å². The number of nitrogens with one attached hydrogen (secondary N) is 1. The average Bonchev–Trinajstić information content (AvgIpc) is 2.92. The highest BCUT2D eigenvalue weighted by atomic mass is 16.5. The maximum Gasteiger partial charge on any atom is 0.129 e. The Balaban J connectivity index is 1.39. The summed E-state index contributed by atoms with van der Waals surface area (Å²) in [6.07, 6.45) is 9.90. The molecule has 1 aliphatic rings. The summed E-state index contributed by atoms with van der Waals surface area (Å²) < 4.78 is 10.7. The van der Waals surface area contributed by atoms with Crippen LogP contribution in [0.25, 0.3) is 0 Å². The van der Waals surface area contributed by atoms with Crippen LogP contribution in [0, 0.1) is 5.92 Å². The van der Waals surface area contributed by atoms with E-state index < -0.39 is 0 Å². The fraction of sp³-hybridized carbons (Fsp3) is 0.733. The molecule has 2 rings (SSSR count). The fourth-order valence-electron chi connectivity index (χ4n) is 2.56. The second-order valence-corrected chi connectivity index (χ2v) is 5.19. The summed E-state index contributed by atoms with van der Waals surface area (Å²) in [5.74, 6) is 1.83. The van der Waals surface area contributed by atoms with Crippen molar-refractivity contribution in [2.45, 2.75) is 45.1 Å². The number of hydrogen-bond acceptors (Lipinski definition) is 3. The van der Waals surface area contributed by atoms with Crippen molar-refractivity contribution in [2.24, 2.45) is 5.92 Å². The predicted molar refractivity (Wildman–Crippen MR) is 72.4 cm³/mol. The second kappa shape index (κ2) is 8.33. The van der Waals surface area contributed by atoms with Crippen molar-refractivity contribution in [3.8, 4) is 0 Å². The molecular formula is C15H25NO2. The molecule has 0 aliphatic heterocycles. The highest BCUT2D eigenvalue weighted by Crippen LogP contribution is 2.22. The Bertz CT molecular complexity index is 291. The summed E-state index contributed by atoms with van der Waals surface area (Å²) in [4.78, 5) is 0. The first kappa shape index (κ1) is 13.6. The Morgan fingerprint density at radius 1 is 1.28 bits per heavy atom. The number of furan rings is 1. The molecule has 1 heterocycles. The average molecular weight is 251 g/mol. The van der Waals surface area contributed by atoms with Crippen molar-refractivity contribution >= 4 is 0 Å². The van der Waals surface area contributed by atoms with E-state index in [-0.39, 0.29) is 0 Å². The van der Waals surface area contributed by atoms with Gasteiger partial charge in [0.15, 0.2) is 0 Å². The minimum Gasteiger partial charge on any atom is -0.467 e. The molecule has 18 heavy (non-hydrogen) atoms. The summed E-state index contributed by atoms with van der Waals surface area (Å²) in [5.41, 5.74) is 0. The largest absolute Gasteiger partial charge is 0.467 e. The van der Waals surface area contributed by atoms with Crippen molar-refractivity contribution in [3.63, 3.8) is 0 Å². The summed E-state index contributed by atoms with van der Waals surface area (Å²) in [5, 5.41) is 3.55. The van der Waals surface area contributed by atoms with E-state index in [4.69, 9.17) is 9.15 Å². The summed E-state index contributed by atoms with van der Waals surface area (Å²) in [7, 11) is 0. The van der Waals surface area contributed by atoms with Crippen molar-refractivity contribution in [1.82, 2.24) is 5.32 Å². The monoisotopic (exact) mass is 251 g/mol. The molecule has 1 saturated carbocycles. The molecule has 0 aromatic carbocycles. The lowest BCUT2D eigenvalue weighted by Gasteiger charge is -2.21. The molecule has 1 aromatic heterocycles. The molecule has 1 aliphatic carbocycles. The molecule has 0 atom stereocenters. The van der Waals surface area contributed by atoms with Gasteiger partial charge in [-0.2, -0.15) is 0 Å². The van der Waals surface area contributed by atoms with E-state index in [1.54, 1.807) is 6.26 Å². The summed E-state index contributed by atoms with van der Waals surface area (Å²) in [6.45, 7) is 3.65. The zero-order valence-corrected chi connectivity index (χ0v) is 11.2. The van der Waals surface area contributed by atoms with Gasteiger partial charge in [-0.1, -0.05) is 19.3 Å². The van der Waals surface area contributed by atoms with Crippen LogP contribution in [0.4, 0.5) is 0 Å². The minimum atomic E-state index is 0.593. The number of hydrogen-bond donors (Lipinski definition) is 1. The van der Waals surface area contributed by atoms with Crippen LogP contribution >= 0.6 is 0 Å². The van der Waals surface area contributed by atoms with Crippen LogP contribution in [-0.4, -0.2) is 19.7 Å². The first-order valence-electron chi connectivity index (χ1n) is 7.26. The van der Waals surface area contributed by atoms with Gasteiger partial charge in [-0.15, -0.1) is 0 Å². The molecule has 0 radical (unpaired) electrons. The van der Waals surface area contributed by atoms with Crippen LogP contribution in [0.2, 0.25) is 0 Å². The summed E-state index contributed by atoms with van der Waals surface area (Å²) in [6, 6.07) is 3.84. The molecule has 0 unspecified atom stereocenters. The Morgan fingerprint density at radius 2 is 2.17 bits per heavy atom. The third-order valence-corrected chi connectivity index (χ3v) is 3.62. The minimum absolute atomic E-state index is 0.593. The maximum atomic E-state index is 5.54. The summed E-state index contributed by atoms with van der Waals surface area (Å²) >= 11 is 0. The molecular weight excluding hydrogens is 226 g/mol. The van der Waals surface area contributed by atoms with Gasteiger partial charge in [0.2, 0.25) is 0 Å². The van der Waals surface area contributed by atoms with Gasteiger partial charge in [-0.05, 0) is 50.4 Å². The van der Waals surface area contributed by atoms with Crippen LogP contribution in [-0.2, 0) is 11.3 Å². The predicted octanol–water partition coefficient (Wildman–Crippen LogP) is 3.36. The SMILES string of the molecule is c1coc(COCCCNCC2CCCCC2)c1. The number of rotatable bonds is 8. The van der Waals surface area contributed by atoms with Crippen molar-refractivity contribution < 1.29 is 9.15 Å². The lowest BCUT2D eigenvalue weighted by molar-refractivity contribution is 0.104. The topological polar surface area (TPSA) is 34.4 Å². The van der Waals surface area contributed by atoms with E-state index >= 15 is 0 Å². The van der Waals surface area contributed by atoms with E-state index in [1.807, 2.05) is 12.1 Å². The van der Waals surface area contributed by atoms with Crippen molar-refractivity contribution in [1.29, 1.82) is 0 Å². The van der Waals surface area contributed by atoms with Gasteiger partial charge in [0.25, 0.3) is 0 Å². The maximum absolute atomic E-state index is 5.54. The van der Waals surface area contributed by atoms with Gasteiger partial charge in [-0.3, -0.25) is 0 Å². The smallest absolute Gasteiger partial charge is 0.129 e. The zero-order chi connectivity index (χ0) is 12.5. The Kier molecular flexibility index (Phi) is 6.30. The van der Waals surface area contributed by atoms with E-state index in [0.29, 0.717) is 6.61 Å². The third-order valence-electron chi connectivity index (χ3n) is 3.62. The quantitative estimate of drug-likeness (QED) is 0.719.